The molecule has 0 spiro atoms. The lowest BCUT2D eigenvalue weighted by molar-refractivity contribution is 0.184. The van der Waals surface area contributed by atoms with Gasteiger partial charge in [0.05, 0.1) is 0 Å². The van der Waals surface area contributed by atoms with E-state index in [1.54, 1.807) is 0 Å². The Balaban J connectivity index is 1.43. The monoisotopic (exact) mass is 443 g/mol. The molecule has 2 aromatic rings. The van der Waals surface area contributed by atoms with Crippen LogP contribution >= 0.6 is 0 Å². The van der Waals surface area contributed by atoms with Crippen molar-refractivity contribution in [2.24, 2.45) is 15.9 Å². The second kappa shape index (κ2) is 9.75. The lowest BCUT2D eigenvalue weighted by Gasteiger charge is -2.34. The van der Waals surface area contributed by atoms with Crippen molar-refractivity contribution in [3.8, 4) is 0 Å². The van der Waals surface area contributed by atoms with E-state index in [4.69, 9.17) is 9.98 Å². The molecule has 1 aromatic carbocycles. The molecule has 2 N–H and O–H groups in total. The van der Waals surface area contributed by atoms with E-state index in [0.717, 1.165) is 55.5 Å². The average Bonchev–Trinajstić information content (AvgIpc) is 3.58. The van der Waals surface area contributed by atoms with Gasteiger partial charge in [0.25, 0.3) is 0 Å². The van der Waals surface area contributed by atoms with Gasteiger partial charge in [-0.05, 0) is 44.0 Å². The van der Waals surface area contributed by atoms with Gasteiger partial charge in [-0.2, -0.15) is 10.1 Å². The third kappa shape index (κ3) is 5.60. The largest absolute Gasteiger partial charge is 0.354 e. The van der Waals surface area contributed by atoms with Gasteiger partial charge in [0.2, 0.25) is 5.96 Å². The molecule has 3 aliphatic rings. The number of hydrogen-bond acceptors (Lipinski definition) is 6. The number of hydrogen-bond donors (Lipinski definition) is 2. The summed E-state index contributed by atoms with van der Waals surface area (Å²) in [6, 6.07) is 12.4. The van der Waals surface area contributed by atoms with Crippen LogP contribution in [0, 0.1) is 5.92 Å². The van der Waals surface area contributed by atoms with Crippen molar-refractivity contribution in [1.29, 1.82) is 0 Å². The predicted molar refractivity (Wildman–Crippen MR) is 135 cm³/mol. The molecule has 0 amide bonds. The first kappa shape index (κ1) is 21.6. The number of benzene rings is 1. The van der Waals surface area contributed by atoms with Crippen LogP contribution in [-0.2, 0) is 0 Å². The molecule has 5 rings (SSSR count). The molecule has 1 saturated heterocycles. The number of aromatic amines is 1. The van der Waals surface area contributed by atoms with Gasteiger partial charge < -0.3 is 15.1 Å². The van der Waals surface area contributed by atoms with Gasteiger partial charge in [-0.15, -0.1) is 0 Å². The molecule has 2 aliphatic heterocycles. The zero-order valence-electron chi connectivity index (χ0n) is 19.5. The number of nitrogens with zero attached hydrogens (tertiary/aromatic N) is 5. The summed E-state index contributed by atoms with van der Waals surface area (Å²) in [5.74, 6) is 3.28. The van der Waals surface area contributed by atoms with E-state index in [9.17, 15) is 0 Å². The zero-order valence-corrected chi connectivity index (χ0v) is 19.5. The molecule has 7 nitrogen and oxygen atoms in total. The molecule has 1 saturated carbocycles. The van der Waals surface area contributed by atoms with E-state index in [2.05, 4.69) is 87.8 Å². The van der Waals surface area contributed by atoms with Crippen molar-refractivity contribution in [2.45, 2.75) is 32.1 Å². The van der Waals surface area contributed by atoms with Crippen molar-refractivity contribution >= 4 is 23.6 Å². The Morgan fingerprint density at radius 3 is 2.58 bits per heavy atom. The highest BCUT2D eigenvalue weighted by Crippen LogP contribution is 2.39. The van der Waals surface area contributed by atoms with Gasteiger partial charge in [0.1, 0.15) is 5.82 Å². The van der Waals surface area contributed by atoms with E-state index in [1.165, 1.54) is 18.5 Å². The lowest BCUT2D eigenvalue weighted by atomic mass is 9.99. The number of aliphatic imine (C=N–C) groups is 2. The first-order valence-corrected chi connectivity index (χ1v) is 12.0. The number of nitrogens with one attached hydrogen (secondary N) is 2. The number of anilines is 1. The van der Waals surface area contributed by atoms with E-state index < -0.39 is 0 Å². The number of H-pyrrole nitrogens is 1. The quantitative estimate of drug-likeness (QED) is 0.721. The fourth-order valence-corrected chi connectivity index (χ4v) is 4.17. The van der Waals surface area contributed by atoms with Crippen LogP contribution in [-0.4, -0.2) is 64.9 Å². The van der Waals surface area contributed by atoms with E-state index in [1.807, 2.05) is 6.07 Å². The van der Waals surface area contributed by atoms with Crippen molar-refractivity contribution in [1.82, 2.24) is 20.0 Å². The SMILES string of the molecule is CC1C/C=C(\N2CCN(C)CC2)N=C(Nc2cc(C3CC3)[nH]n2)N=C1/C=C/c1ccccc1. The van der Waals surface area contributed by atoms with Crippen molar-refractivity contribution in [3.63, 3.8) is 0 Å². The first-order chi connectivity index (χ1) is 16.1. The van der Waals surface area contributed by atoms with Crippen molar-refractivity contribution in [3.05, 3.63) is 65.6 Å². The second-order valence-electron chi connectivity index (χ2n) is 9.31. The van der Waals surface area contributed by atoms with Gasteiger partial charge in [-0.25, -0.2) is 4.99 Å². The summed E-state index contributed by atoms with van der Waals surface area (Å²) in [5, 5.41) is 11.0. The van der Waals surface area contributed by atoms with Crippen LogP contribution < -0.4 is 5.32 Å². The fourth-order valence-electron chi connectivity index (χ4n) is 4.17. The van der Waals surface area contributed by atoms with Crippen molar-refractivity contribution in [2.75, 3.05) is 38.5 Å². The summed E-state index contributed by atoms with van der Waals surface area (Å²) in [6.45, 7) is 6.28. The Hall–Kier alpha value is -3.19. The van der Waals surface area contributed by atoms with Gasteiger partial charge in [-0.3, -0.25) is 5.10 Å². The molecule has 7 heteroatoms. The van der Waals surface area contributed by atoms with Gasteiger partial charge in [-0.1, -0.05) is 43.3 Å². The number of guanidine groups is 1. The van der Waals surface area contributed by atoms with Crippen LogP contribution in [0.2, 0.25) is 0 Å². The standard InChI is InChI=1S/C26H33N7/c1-19-8-13-25(33-16-14-32(2)15-17-33)29-26(28-24-18-23(30-31-24)21-10-11-21)27-22(19)12-9-20-6-4-3-5-7-20/h3-7,9,12-13,18-19,21H,8,10-11,14-17H2,1-2H3,(H2,28,29,30,31)/b12-9+,25-13-,27-22?. The summed E-state index contributed by atoms with van der Waals surface area (Å²) in [5.41, 5.74) is 3.37. The van der Waals surface area contributed by atoms with Crippen LogP contribution in [0.5, 0.6) is 0 Å². The smallest absolute Gasteiger partial charge is 0.230 e. The molecule has 33 heavy (non-hydrogen) atoms. The molecular weight excluding hydrogens is 410 g/mol. The van der Waals surface area contributed by atoms with Crippen LogP contribution in [0.3, 0.4) is 0 Å². The Labute approximate surface area is 196 Å². The molecule has 0 bridgehead atoms. The summed E-state index contributed by atoms with van der Waals surface area (Å²) in [7, 11) is 2.17. The molecule has 172 valence electrons. The number of allylic oxidation sites excluding steroid dienone is 2. The molecule has 2 fully saturated rings. The number of rotatable bonds is 5. The van der Waals surface area contributed by atoms with Crippen LogP contribution in [0.15, 0.2) is 64.4 Å². The minimum atomic E-state index is 0.279. The lowest BCUT2D eigenvalue weighted by Crippen LogP contribution is -2.43. The second-order valence-corrected chi connectivity index (χ2v) is 9.31. The van der Waals surface area contributed by atoms with Gasteiger partial charge in [0.15, 0.2) is 5.82 Å². The average molecular weight is 444 g/mol. The van der Waals surface area contributed by atoms with E-state index in [-0.39, 0.29) is 5.92 Å². The van der Waals surface area contributed by atoms with Gasteiger partial charge in [0, 0.05) is 55.5 Å². The highest BCUT2D eigenvalue weighted by atomic mass is 15.3. The fraction of sp³-hybridized carbons (Fsp3) is 0.423. The Morgan fingerprint density at radius 2 is 1.82 bits per heavy atom. The maximum atomic E-state index is 4.99. The highest BCUT2D eigenvalue weighted by molar-refractivity contribution is 6.09. The third-order valence-corrected chi connectivity index (χ3v) is 6.54. The molecular formula is C26H33N7. The molecule has 0 radical (unpaired) electrons. The summed E-state index contributed by atoms with van der Waals surface area (Å²) >= 11 is 0. The summed E-state index contributed by atoms with van der Waals surface area (Å²) < 4.78 is 0. The normalized spacial score (nSPS) is 24.0. The number of aromatic nitrogens is 2. The Morgan fingerprint density at radius 1 is 1.03 bits per heavy atom. The van der Waals surface area contributed by atoms with Gasteiger partial charge >= 0.3 is 0 Å². The number of piperazine rings is 1. The van der Waals surface area contributed by atoms with E-state index in [0.29, 0.717) is 11.9 Å². The summed E-state index contributed by atoms with van der Waals surface area (Å²) in [4.78, 5) is 14.7. The van der Waals surface area contributed by atoms with E-state index >= 15 is 0 Å². The highest BCUT2D eigenvalue weighted by Gasteiger charge is 2.26. The molecule has 1 aliphatic carbocycles. The van der Waals surface area contributed by atoms with Crippen LogP contribution in [0.1, 0.15) is 43.4 Å². The Kier molecular flexibility index (Phi) is 6.39. The Bertz CT molecular complexity index is 1070. The number of likely N-dealkylation sites (N-methyl/N-ethyl adjacent to an activating group) is 1. The molecule has 1 aromatic heterocycles. The molecule has 1 atom stereocenters. The maximum absolute atomic E-state index is 4.99. The maximum Gasteiger partial charge on any atom is 0.230 e. The first-order valence-electron chi connectivity index (χ1n) is 12.0. The summed E-state index contributed by atoms with van der Waals surface area (Å²) in [6.07, 6.45) is 9.89. The molecule has 1 unspecified atom stereocenters. The zero-order chi connectivity index (χ0) is 22.6. The third-order valence-electron chi connectivity index (χ3n) is 6.54. The minimum absolute atomic E-state index is 0.279. The topological polar surface area (TPSA) is 71.9 Å². The van der Waals surface area contributed by atoms with Crippen LogP contribution in [0.25, 0.3) is 6.08 Å². The predicted octanol–water partition coefficient (Wildman–Crippen LogP) is 4.34. The van der Waals surface area contributed by atoms with Crippen LogP contribution in [0.4, 0.5) is 5.82 Å². The minimum Gasteiger partial charge on any atom is -0.354 e. The van der Waals surface area contributed by atoms with Crippen molar-refractivity contribution < 1.29 is 0 Å². The molecule has 3 heterocycles.